The van der Waals surface area contributed by atoms with Crippen LogP contribution in [0.4, 0.5) is 0 Å². The highest BCUT2D eigenvalue weighted by Gasteiger charge is 2.15. The minimum atomic E-state index is -3.69. The van der Waals surface area contributed by atoms with Gasteiger partial charge in [0, 0.05) is 0 Å². The maximum atomic E-state index is 11.9. The number of benzene rings is 3. The minimum absolute atomic E-state index is 0.158. The molecule has 0 aliphatic heterocycles. The van der Waals surface area contributed by atoms with Gasteiger partial charge in [-0.1, -0.05) is 79.7 Å². The zero-order valence-electron chi connectivity index (χ0n) is 15.4. The second-order valence-corrected chi connectivity index (χ2v) is 7.80. The summed E-state index contributed by atoms with van der Waals surface area (Å²) < 4.78 is 28.4. The van der Waals surface area contributed by atoms with Gasteiger partial charge in [-0.15, -0.1) is 0 Å². The van der Waals surface area contributed by atoms with E-state index in [-0.39, 0.29) is 4.90 Å². The third kappa shape index (κ3) is 4.18. The van der Waals surface area contributed by atoms with Crippen LogP contribution in [0, 0.1) is 0 Å². The summed E-state index contributed by atoms with van der Waals surface area (Å²) in [5.41, 5.74) is 5.58. The smallest absolute Gasteiger partial charge is 0.270 e. The van der Waals surface area contributed by atoms with Gasteiger partial charge < -0.3 is 0 Å². The molecule has 0 bridgehead atoms. The quantitative estimate of drug-likeness (QED) is 0.427. The Morgan fingerprint density at radius 1 is 0.741 bits per heavy atom. The molecule has 0 amide bonds. The van der Waals surface area contributed by atoms with Crippen LogP contribution in [-0.4, -0.2) is 15.5 Å². The van der Waals surface area contributed by atoms with Crippen molar-refractivity contribution in [3.8, 4) is 0 Å². The highest BCUT2D eigenvalue weighted by molar-refractivity contribution is 7.86. The topological polar surface area (TPSA) is 43.4 Å². The molecule has 138 valence electrons. The minimum Gasteiger partial charge on any atom is -0.270 e. The molecule has 0 unspecified atom stereocenters. The third-order valence-corrected chi connectivity index (χ3v) is 5.78. The van der Waals surface area contributed by atoms with Gasteiger partial charge in [-0.2, -0.15) is 8.42 Å². The van der Waals surface area contributed by atoms with Crippen molar-refractivity contribution in [1.82, 2.24) is 0 Å². The second-order valence-electron chi connectivity index (χ2n) is 6.08. The Morgan fingerprint density at radius 3 is 1.63 bits per heavy atom. The van der Waals surface area contributed by atoms with Crippen molar-refractivity contribution in [3.05, 3.63) is 102 Å². The van der Waals surface area contributed by atoms with Crippen LogP contribution in [0.1, 0.15) is 30.0 Å². The van der Waals surface area contributed by atoms with E-state index < -0.39 is 10.1 Å². The largest absolute Gasteiger partial charge is 0.296 e. The van der Waals surface area contributed by atoms with Crippen molar-refractivity contribution in [2.45, 2.75) is 18.2 Å². The molecule has 0 N–H and O–H groups in total. The predicted molar refractivity (Wildman–Crippen MR) is 110 cm³/mol. The van der Waals surface area contributed by atoms with E-state index in [1.54, 1.807) is 12.1 Å². The molecular formula is C23H22O3S. The lowest BCUT2D eigenvalue weighted by atomic mass is 9.88. The van der Waals surface area contributed by atoms with Crippen LogP contribution in [0.25, 0.3) is 11.1 Å². The fourth-order valence-electron chi connectivity index (χ4n) is 3.17. The molecule has 0 saturated heterocycles. The summed E-state index contributed by atoms with van der Waals surface area (Å²) >= 11 is 0. The van der Waals surface area contributed by atoms with Crippen molar-refractivity contribution in [2.75, 3.05) is 7.11 Å². The molecule has 0 aliphatic carbocycles. The van der Waals surface area contributed by atoms with Crippen LogP contribution in [0.15, 0.2) is 89.8 Å². The van der Waals surface area contributed by atoms with Crippen LogP contribution in [-0.2, 0) is 14.3 Å². The van der Waals surface area contributed by atoms with E-state index in [0.29, 0.717) is 0 Å². The van der Waals surface area contributed by atoms with Crippen LogP contribution >= 0.6 is 0 Å². The van der Waals surface area contributed by atoms with E-state index in [4.69, 9.17) is 0 Å². The number of rotatable bonds is 6. The standard InChI is InChI=1S/C23H22O3S/c1-3-22(18-14-16-21(17-15-18)27(24,25)26-2)23(19-10-6-4-7-11-19)20-12-8-5-9-13-20/h4-17H,3H2,1-2H3. The SMILES string of the molecule is CCC(=C(c1ccccc1)c1ccccc1)c1ccc(S(=O)(=O)OC)cc1. The average Bonchev–Trinajstić information content (AvgIpc) is 2.73. The van der Waals surface area contributed by atoms with Gasteiger partial charge in [0.25, 0.3) is 10.1 Å². The Balaban J connectivity index is 2.19. The highest BCUT2D eigenvalue weighted by Crippen LogP contribution is 2.34. The molecule has 3 aromatic rings. The lowest BCUT2D eigenvalue weighted by molar-refractivity contribution is 0.398. The van der Waals surface area contributed by atoms with E-state index >= 15 is 0 Å². The van der Waals surface area contributed by atoms with E-state index in [1.807, 2.05) is 48.5 Å². The fourth-order valence-corrected chi connectivity index (χ4v) is 3.83. The zero-order valence-corrected chi connectivity index (χ0v) is 16.2. The summed E-state index contributed by atoms with van der Waals surface area (Å²) in [4.78, 5) is 0.158. The Kier molecular flexibility index (Phi) is 5.89. The van der Waals surface area contributed by atoms with Gasteiger partial charge in [0.1, 0.15) is 0 Å². The summed E-state index contributed by atoms with van der Waals surface area (Å²) in [5.74, 6) is 0. The van der Waals surface area contributed by atoms with Crippen molar-refractivity contribution < 1.29 is 12.6 Å². The summed E-state index contributed by atoms with van der Waals surface area (Å²) in [6, 6.07) is 27.4. The average molecular weight is 378 g/mol. The molecule has 0 spiro atoms. The summed E-state index contributed by atoms with van der Waals surface area (Å²) in [5, 5.41) is 0. The Bertz CT molecular complexity index is 979. The van der Waals surface area contributed by atoms with Crippen molar-refractivity contribution >= 4 is 21.3 Å². The van der Waals surface area contributed by atoms with E-state index in [0.717, 1.165) is 34.3 Å². The molecule has 0 aliphatic rings. The Labute approximate surface area is 161 Å². The summed E-state index contributed by atoms with van der Waals surface area (Å²) in [6.07, 6.45) is 0.815. The van der Waals surface area contributed by atoms with Crippen molar-refractivity contribution in [2.24, 2.45) is 0 Å². The predicted octanol–water partition coefficient (Wildman–Crippen LogP) is 5.39. The van der Waals surface area contributed by atoms with Gasteiger partial charge in [-0.05, 0) is 46.4 Å². The van der Waals surface area contributed by atoms with Gasteiger partial charge in [0.2, 0.25) is 0 Å². The molecular weight excluding hydrogens is 356 g/mol. The van der Waals surface area contributed by atoms with Gasteiger partial charge in [-0.25, -0.2) is 0 Å². The molecule has 0 radical (unpaired) electrons. The van der Waals surface area contributed by atoms with Gasteiger partial charge in [-0.3, -0.25) is 4.18 Å². The van der Waals surface area contributed by atoms with Crippen molar-refractivity contribution in [1.29, 1.82) is 0 Å². The summed E-state index contributed by atoms with van der Waals surface area (Å²) in [6.45, 7) is 2.11. The first-order valence-electron chi connectivity index (χ1n) is 8.82. The first-order chi connectivity index (χ1) is 13.1. The molecule has 3 rings (SSSR count). The second kappa shape index (κ2) is 8.33. The van der Waals surface area contributed by atoms with Gasteiger partial charge in [0.15, 0.2) is 0 Å². The molecule has 27 heavy (non-hydrogen) atoms. The Morgan fingerprint density at radius 2 is 1.22 bits per heavy atom. The number of hydrogen-bond acceptors (Lipinski definition) is 3. The first-order valence-corrected chi connectivity index (χ1v) is 10.2. The summed E-state index contributed by atoms with van der Waals surface area (Å²) in [7, 11) is -2.52. The van der Waals surface area contributed by atoms with Gasteiger partial charge >= 0.3 is 0 Å². The molecule has 3 nitrogen and oxygen atoms in total. The van der Waals surface area contributed by atoms with Crippen LogP contribution in [0.2, 0.25) is 0 Å². The van der Waals surface area contributed by atoms with Crippen LogP contribution in [0.5, 0.6) is 0 Å². The molecule has 4 heteroatoms. The molecule has 3 aromatic carbocycles. The van der Waals surface area contributed by atoms with E-state index in [2.05, 4.69) is 35.4 Å². The van der Waals surface area contributed by atoms with Gasteiger partial charge in [0.05, 0.1) is 12.0 Å². The lowest BCUT2D eigenvalue weighted by Gasteiger charge is -2.16. The van der Waals surface area contributed by atoms with Crippen LogP contribution in [0.3, 0.4) is 0 Å². The molecule has 0 fully saturated rings. The Hall–Kier alpha value is -2.69. The number of hydrogen-bond donors (Lipinski definition) is 0. The zero-order chi connectivity index (χ0) is 19.3. The number of allylic oxidation sites excluding steroid dienone is 1. The first kappa shape index (κ1) is 19.1. The van der Waals surface area contributed by atoms with E-state index in [1.165, 1.54) is 7.11 Å². The third-order valence-electron chi connectivity index (χ3n) is 4.49. The normalized spacial score (nSPS) is 11.2. The molecule has 0 aromatic heterocycles. The monoisotopic (exact) mass is 378 g/mol. The van der Waals surface area contributed by atoms with E-state index in [9.17, 15) is 8.42 Å². The lowest BCUT2D eigenvalue weighted by Crippen LogP contribution is -2.02. The maximum Gasteiger partial charge on any atom is 0.296 e. The highest BCUT2D eigenvalue weighted by atomic mass is 32.2. The fraction of sp³-hybridized carbons (Fsp3) is 0.130. The van der Waals surface area contributed by atoms with Crippen molar-refractivity contribution in [3.63, 3.8) is 0 Å². The molecule has 0 saturated carbocycles. The molecule has 0 heterocycles. The maximum absolute atomic E-state index is 11.9. The molecule has 0 atom stereocenters. The van der Waals surface area contributed by atoms with Crippen LogP contribution < -0.4 is 0 Å².